The Morgan fingerprint density at radius 1 is 1.12 bits per heavy atom. The highest BCUT2D eigenvalue weighted by Gasteiger charge is 2.27. The van der Waals surface area contributed by atoms with Gasteiger partial charge < -0.3 is 0 Å². The number of carbonyl (C=O) groups excluding carboxylic acids is 1. The Morgan fingerprint density at radius 2 is 1.69 bits per heavy atom. The van der Waals surface area contributed by atoms with Gasteiger partial charge in [0.2, 0.25) is 0 Å². The third-order valence-corrected chi connectivity index (χ3v) is 3.70. The van der Waals surface area contributed by atoms with Crippen LogP contribution in [0.5, 0.6) is 0 Å². The van der Waals surface area contributed by atoms with Gasteiger partial charge in [-0.15, -0.1) is 0 Å². The van der Waals surface area contributed by atoms with Crippen LogP contribution in [-0.2, 0) is 4.79 Å². The Balaban J connectivity index is 2.31. The molecule has 0 amide bonds. The van der Waals surface area contributed by atoms with E-state index in [4.69, 9.17) is 0 Å². The second kappa shape index (κ2) is 5.84. The predicted molar refractivity (Wildman–Crippen MR) is 69.4 cm³/mol. The van der Waals surface area contributed by atoms with E-state index in [-0.39, 0.29) is 0 Å². The van der Waals surface area contributed by atoms with Crippen molar-refractivity contribution in [3.8, 4) is 0 Å². The van der Waals surface area contributed by atoms with E-state index in [0.717, 1.165) is 31.6 Å². The minimum absolute atomic E-state index is 0.399. The van der Waals surface area contributed by atoms with Gasteiger partial charge in [-0.25, -0.2) is 0 Å². The Bertz CT molecular complexity index is 216. The summed E-state index contributed by atoms with van der Waals surface area (Å²) in [5.41, 5.74) is 0.449. The van der Waals surface area contributed by atoms with Crippen molar-refractivity contribution in [2.24, 2.45) is 17.3 Å². The lowest BCUT2D eigenvalue weighted by Gasteiger charge is -2.32. The van der Waals surface area contributed by atoms with Gasteiger partial charge in [0.1, 0.15) is 5.78 Å². The second-order valence-electron chi connectivity index (χ2n) is 6.70. The summed E-state index contributed by atoms with van der Waals surface area (Å²) in [6, 6.07) is 0. The van der Waals surface area contributed by atoms with Crippen LogP contribution >= 0.6 is 0 Å². The zero-order chi connectivity index (χ0) is 12.2. The lowest BCUT2D eigenvalue weighted by atomic mass is 9.73. The molecule has 0 radical (unpaired) electrons. The van der Waals surface area contributed by atoms with E-state index in [1.54, 1.807) is 0 Å². The maximum absolute atomic E-state index is 11.8. The number of ketones is 1. The van der Waals surface area contributed by atoms with Crippen molar-refractivity contribution in [2.75, 3.05) is 0 Å². The summed E-state index contributed by atoms with van der Waals surface area (Å²) < 4.78 is 0. The fourth-order valence-corrected chi connectivity index (χ4v) is 3.01. The number of hydrogen-bond acceptors (Lipinski definition) is 1. The van der Waals surface area contributed by atoms with Crippen molar-refractivity contribution in [3.63, 3.8) is 0 Å². The molecule has 0 unspecified atom stereocenters. The van der Waals surface area contributed by atoms with Crippen molar-refractivity contribution in [3.05, 3.63) is 0 Å². The molecule has 0 spiro atoms. The molecule has 0 aliphatic heterocycles. The van der Waals surface area contributed by atoms with Gasteiger partial charge in [0, 0.05) is 12.3 Å². The van der Waals surface area contributed by atoms with Gasteiger partial charge in [-0.05, 0) is 49.9 Å². The molecule has 0 aromatic carbocycles. The standard InChI is InChI=1S/C15H28O/c1-5-6-14(16)13-9-7-12(8-10-13)11-15(2,3)4/h12-13H,5-11H2,1-4H3. The molecule has 1 heteroatoms. The first kappa shape index (κ1) is 13.7. The molecule has 0 saturated heterocycles. The van der Waals surface area contributed by atoms with E-state index in [2.05, 4.69) is 27.7 Å². The van der Waals surface area contributed by atoms with Gasteiger partial charge in [-0.1, -0.05) is 27.7 Å². The molecule has 0 heterocycles. The molecule has 1 saturated carbocycles. The summed E-state index contributed by atoms with van der Waals surface area (Å²) in [7, 11) is 0. The monoisotopic (exact) mass is 224 g/mol. The van der Waals surface area contributed by atoms with Gasteiger partial charge in [0.25, 0.3) is 0 Å². The summed E-state index contributed by atoms with van der Waals surface area (Å²) in [4.78, 5) is 11.8. The maximum atomic E-state index is 11.8. The zero-order valence-corrected chi connectivity index (χ0v) is 11.5. The summed E-state index contributed by atoms with van der Waals surface area (Å²) in [5.74, 6) is 1.79. The van der Waals surface area contributed by atoms with Crippen molar-refractivity contribution in [1.82, 2.24) is 0 Å². The highest BCUT2D eigenvalue weighted by atomic mass is 16.1. The quantitative estimate of drug-likeness (QED) is 0.682. The number of Topliss-reactive ketones (excluding diaryl/α,β-unsaturated/α-hetero) is 1. The third kappa shape index (κ3) is 4.67. The normalized spacial score (nSPS) is 26.8. The predicted octanol–water partition coefficient (Wildman–Crippen LogP) is 4.60. The van der Waals surface area contributed by atoms with Gasteiger partial charge in [0.15, 0.2) is 0 Å². The minimum Gasteiger partial charge on any atom is -0.299 e. The van der Waals surface area contributed by atoms with Crippen LogP contribution in [0.4, 0.5) is 0 Å². The maximum Gasteiger partial charge on any atom is 0.135 e. The first-order chi connectivity index (χ1) is 7.42. The van der Waals surface area contributed by atoms with Crippen LogP contribution in [0.3, 0.4) is 0 Å². The average Bonchev–Trinajstić information content (AvgIpc) is 2.16. The van der Waals surface area contributed by atoms with Crippen LogP contribution in [0.1, 0.15) is 72.6 Å². The number of carbonyl (C=O) groups is 1. The minimum atomic E-state index is 0.399. The Hall–Kier alpha value is -0.330. The summed E-state index contributed by atoms with van der Waals surface area (Å²) in [6.07, 6.45) is 7.99. The van der Waals surface area contributed by atoms with Crippen LogP contribution in [0.15, 0.2) is 0 Å². The van der Waals surface area contributed by atoms with Crippen molar-refractivity contribution < 1.29 is 4.79 Å². The van der Waals surface area contributed by atoms with E-state index in [0.29, 0.717) is 17.1 Å². The zero-order valence-electron chi connectivity index (χ0n) is 11.5. The topological polar surface area (TPSA) is 17.1 Å². The van der Waals surface area contributed by atoms with Gasteiger partial charge in [-0.2, -0.15) is 0 Å². The average molecular weight is 224 g/mol. The van der Waals surface area contributed by atoms with Crippen molar-refractivity contribution in [1.29, 1.82) is 0 Å². The third-order valence-electron chi connectivity index (χ3n) is 3.70. The fraction of sp³-hybridized carbons (Fsp3) is 0.933. The van der Waals surface area contributed by atoms with E-state index in [1.807, 2.05) is 0 Å². The van der Waals surface area contributed by atoms with Gasteiger partial charge in [-0.3, -0.25) is 4.79 Å². The molecule has 0 bridgehead atoms. The van der Waals surface area contributed by atoms with Gasteiger partial charge >= 0.3 is 0 Å². The molecule has 94 valence electrons. The smallest absolute Gasteiger partial charge is 0.135 e. The van der Waals surface area contributed by atoms with Crippen molar-refractivity contribution in [2.45, 2.75) is 72.6 Å². The first-order valence-corrected chi connectivity index (χ1v) is 6.95. The van der Waals surface area contributed by atoms with Crippen molar-refractivity contribution >= 4 is 5.78 Å². The summed E-state index contributed by atoms with van der Waals surface area (Å²) >= 11 is 0. The molecule has 0 aromatic heterocycles. The lowest BCUT2D eigenvalue weighted by Crippen LogP contribution is -2.24. The largest absolute Gasteiger partial charge is 0.299 e. The molecule has 0 aromatic rings. The lowest BCUT2D eigenvalue weighted by molar-refractivity contribution is -0.124. The molecule has 16 heavy (non-hydrogen) atoms. The molecular formula is C15H28O. The second-order valence-corrected chi connectivity index (χ2v) is 6.70. The highest BCUT2D eigenvalue weighted by Crippen LogP contribution is 2.36. The molecular weight excluding hydrogens is 196 g/mol. The molecule has 0 N–H and O–H groups in total. The van der Waals surface area contributed by atoms with Crippen LogP contribution in [0.2, 0.25) is 0 Å². The summed E-state index contributed by atoms with van der Waals surface area (Å²) in [6.45, 7) is 9.06. The van der Waals surface area contributed by atoms with Crippen LogP contribution < -0.4 is 0 Å². The molecule has 1 aliphatic rings. The number of rotatable bonds is 4. The van der Waals surface area contributed by atoms with E-state index in [9.17, 15) is 4.79 Å². The fourth-order valence-electron chi connectivity index (χ4n) is 3.01. The molecule has 1 fully saturated rings. The Morgan fingerprint density at radius 3 is 2.12 bits per heavy atom. The van der Waals surface area contributed by atoms with Crippen LogP contribution in [-0.4, -0.2) is 5.78 Å². The van der Waals surface area contributed by atoms with E-state index in [1.165, 1.54) is 19.3 Å². The van der Waals surface area contributed by atoms with E-state index < -0.39 is 0 Å². The Labute approximate surface area is 101 Å². The molecule has 0 atom stereocenters. The van der Waals surface area contributed by atoms with Crippen LogP contribution in [0.25, 0.3) is 0 Å². The molecule has 1 nitrogen and oxygen atoms in total. The summed E-state index contributed by atoms with van der Waals surface area (Å²) in [5, 5.41) is 0. The molecule has 1 rings (SSSR count). The van der Waals surface area contributed by atoms with Gasteiger partial charge in [0.05, 0.1) is 0 Å². The SMILES string of the molecule is CCCC(=O)C1CCC(CC(C)(C)C)CC1. The van der Waals surface area contributed by atoms with E-state index >= 15 is 0 Å². The molecule has 1 aliphatic carbocycles. The first-order valence-electron chi connectivity index (χ1n) is 6.95. The highest BCUT2D eigenvalue weighted by molar-refractivity contribution is 5.80. The Kier molecular flexibility index (Phi) is 5.01. The number of hydrogen-bond donors (Lipinski definition) is 0. The van der Waals surface area contributed by atoms with Crippen LogP contribution in [0, 0.1) is 17.3 Å².